The van der Waals surface area contributed by atoms with E-state index in [0.717, 1.165) is 27.0 Å². The number of hydrogen-bond donors (Lipinski definition) is 1. The van der Waals surface area contributed by atoms with Crippen LogP contribution in [0.5, 0.6) is 0 Å². The Morgan fingerprint density at radius 1 is 1.10 bits per heavy atom. The van der Waals surface area contributed by atoms with Gasteiger partial charge < -0.3 is 5.11 Å². The van der Waals surface area contributed by atoms with E-state index in [1.807, 2.05) is 54.6 Å². The number of amides is 1. The average molecular weight is 345 g/mol. The van der Waals surface area contributed by atoms with Crippen molar-refractivity contribution >= 4 is 44.0 Å². The minimum Gasteiger partial charge on any atom is -0.464 e. The van der Waals surface area contributed by atoms with Crippen molar-refractivity contribution in [3.05, 3.63) is 59.7 Å². The largest absolute Gasteiger partial charge is 0.464 e. The molecule has 5 heteroatoms. The number of rotatable bonds is 1. The Hall–Kier alpha value is -2.27. The molecule has 0 fully saturated rings. The van der Waals surface area contributed by atoms with Crippen LogP contribution in [0, 0.1) is 0 Å². The first-order valence-corrected chi connectivity index (χ1v) is 7.21. The van der Waals surface area contributed by atoms with Gasteiger partial charge in [0.05, 0.1) is 11.4 Å². The minimum atomic E-state index is -1.02. The molecule has 1 N–H and O–H groups in total. The van der Waals surface area contributed by atoms with Crippen LogP contribution in [0.4, 0.5) is 16.2 Å². The summed E-state index contributed by atoms with van der Waals surface area (Å²) in [6.07, 6.45) is 0.988. The number of para-hydroxylation sites is 2. The number of hydrazine groups is 1. The summed E-state index contributed by atoms with van der Waals surface area (Å²) >= 11 is 3.59. The molecular formula is C16H13BrN2O2. The molecule has 2 aromatic carbocycles. The molecule has 3 rings (SSSR count). The van der Waals surface area contributed by atoms with E-state index in [0.29, 0.717) is 0 Å². The average Bonchev–Trinajstić information content (AvgIpc) is 2.61. The number of benzene rings is 2. The van der Waals surface area contributed by atoms with E-state index in [2.05, 4.69) is 15.9 Å². The normalized spacial score (nSPS) is 12.9. The molecule has 0 saturated heterocycles. The number of carbonyl (C=O) groups is 1. The van der Waals surface area contributed by atoms with Gasteiger partial charge in [-0.15, -0.1) is 0 Å². The quantitative estimate of drug-likeness (QED) is 0.824. The second kappa shape index (κ2) is 5.26. The fourth-order valence-corrected chi connectivity index (χ4v) is 3.00. The lowest BCUT2D eigenvalue weighted by Crippen LogP contribution is -2.40. The summed E-state index contributed by atoms with van der Waals surface area (Å²) in [4.78, 5) is 11.5. The molecule has 1 heterocycles. The summed E-state index contributed by atoms with van der Waals surface area (Å²) < 4.78 is 0.923. The molecule has 0 aromatic heterocycles. The van der Waals surface area contributed by atoms with Gasteiger partial charge in [-0.05, 0) is 18.2 Å². The summed E-state index contributed by atoms with van der Waals surface area (Å²) in [5.74, 6) is 0. The van der Waals surface area contributed by atoms with Gasteiger partial charge in [-0.3, -0.25) is 0 Å². The van der Waals surface area contributed by atoms with Crippen LogP contribution >= 0.6 is 15.9 Å². The standard InChI is InChI=1S/C16H13BrN2O2/c1-18(16(20)21)19-14-8-4-2-6-11(14)10-13(17)12-7-3-5-9-15(12)19/h2-10H,1H3,(H,20,21). The highest BCUT2D eigenvalue weighted by Crippen LogP contribution is 2.42. The highest BCUT2D eigenvalue weighted by atomic mass is 79.9. The van der Waals surface area contributed by atoms with Crippen LogP contribution in [-0.2, 0) is 0 Å². The Morgan fingerprint density at radius 2 is 1.71 bits per heavy atom. The van der Waals surface area contributed by atoms with Gasteiger partial charge in [0.1, 0.15) is 0 Å². The van der Waals surface area contributed by atoms with E-state index in [1.165, 1.54) is 12.1 Å². The van der Waals surface area contributed by atoms with Crippen molar-refractivity contribution in [2.24, 2.45) is 0 Å². The maximum absolute atomic E-state index is 11.5. The van der Waals surface area contributed by atoms with Gasteiger partial charge in [-0.2, -0.15) is 0 Å². The molecular weight excluding hydrogens is 332 g/mol. The predicted octanol–water partition coefficient (Wildman–Crippen LogP) is 4.56. The van der Waals surface area contributed by atoms with E-state index >= 15 is 0 Å². The summed E-state index contributed by atoms with van der Waals surface area (Å²) in [5.41, 5.74) is 3.54. The zero-order valence-electron chi connectivity index (χ0n) is 11.3. The van der Waals surface area contributed by atoms with Crippen molar-refractivity contribution in [2.45, 2.75) is 0 Å². The van der Waals surface area contributed by atoms with Crippen molar-refractivity contribution < 1.29 is 9.90 Å². The lowest BCUT2D eigenvalue weighted by Gasteiger charge is -2.33. The Labute approximate surface area is 131 Å². The van der Waals surface area contributed by atoms with E-state index in [-0.39, 0.29) is 0 Å². The molecule has 1 aliphatic rings. The molecule has 106 valence electrons. The third-order valence-corrected chi connectivity index (χ3v) is 4.07. The van der Waals surface area contributed by atoms with E-state index in [1.54, 1.807) is 5.01 Å². The second-order valence-corrected chi connectivity index (χ2v) is 5.54. The van der Waals surface area contributed by atoms with Crippen LogP contribution in [0.3, 0.4) is 0 Å². The molecule has 2 aromatic rings. The zero-order valence-corrected chi connectivity index (χ0v) is 12.9. The highest BCUT2D eigenvalue weighted by Gasteiger charge is 2.26. The molecule has 0 spiro atoms. The number of fused-ring (bicyclic) bond motifs is 2. The summed E-state index contributed by atoms with van der Waals surface area (Å²) in [7, 11) is 1.54. The minimum absolute atomic E-state index is 0.815. The third kappa shape index (κ3) is 2.29. The maximum atomic E-state index is 11.5. The number of nitrogens with zero attached hydrogens (tertiary/aromatic N) is 2. The number of carboxylic acid groups (broad SMARTS) is 1. The van der Waals surface area contributed by atoms with Crippen molar-refractivity contribution in [3.8, 4) is 0 Å². The van der Waals surface area contributed by atoms with E-state index in [4.69, 9.17) is 0 Å². The molecule has 0 unspecified atom stereocenters. The molecule has 0 saturated carbocycles. The first-order chi connectivity index (χ1) is 10.1. The van der Waals surface area contributed by atoms with Crippen LogP contribution in [0.15, 0.2) is 48.5 Å². The first-order valence-electron chi connectivity index (χ1n) is 6.42. The molecule has 0 aliphatic carbocycles. The topological polar surface area (TPSA) is 43.8 Å². The van der Waals surface area contributed by atoms with Crippen molar-refractivity contribution in [1.29, 1.82) is 0 Å². The Balaban J connectivity index is 2.31. The van der Waals surface area contributed by atoms with Gasteiger partial charge >= 0.3 is 6.09 Å². The Kier molecular flexibility index (Phi) is 3.43. The smallest absolute Gasteiger partial charge is 0.426 e. The van der Waals surface area contributed by atoms with Gasteiger partial charge in [-0.25, -0.2) is 14.8 Å². The van der Waals surface area contributed by atoms with Crippen molar-refractivity contribution in [3.63, 3.8) is 0 Å². The second-order valence-electron chi connectivity index (χ2n) is 4.69. The lowest BCUT2D eigenvalue weighted by molar-refractivity contribution is 0.156. The SMILES string of the molecule is CN(C(=O)O)N1c2ccccc2C=C(Br)c2ccccc21. The Morgan fingerprint density at radius 3 is 2.43 bits per heavy atom. The van der Waals surface area contributed by atoms with Crippen molar-refractivity contribution in [2.75, 3.05) is 12.1 Å². The number of halogens is 1. The van der Waals surface area contributed by atoms with Crippen LogP contribution in [0.2, 0.25) is 0 Å². The van der Waals surface area contributed by atoms with Gasteiger partial charge in [0, 0.05) is 22.7 Å². The predicted molar refractivity (Wildman–Crippen MR) is 87.6 cm³/mol. The van der Waals surface area contributed by atoms with Gasteiger partial charge in [0.15, 0.2) is 0 Å². The van der Waals surface area contributed by atoms with Gasteiger partial charge in [0.2, 0.25) is 0 Å². The molecule has 0 atom stereocenters. The summed E-state index contributed by atoms with van der Waals surface area (Å²) in [6, 6.07) is 15.4. The van der Waals surface area contributed by atoms with Crippen LogP contribution in [-0.4, -0.2) is 23.3 Å². The third-order valence-electron chi connectivity index (χ3n) is 3.41. The van der Waals surface area contributed by atoms with Crippen LogP contribution < -0.4 is 5.01 Å². The first kappa shape index (κ1) is 13.7. The fraction of sp³-hybridized carbons (Fsp3) is 0.0625. The molecule has 0 bridgehead atoms. The summed E-state index contributed by atoms with van der Waals surface area (Å²) in [5, 5.41) is 12.3. The molecule has 1 aliphatic heterocycles. The monoisotopic (exact) mass is 344 g/mol. The zero-order chi connectivity index (χ0) is 15.0. The molecule has 0 radical (unpaired) electrons. The van der Waals surface area contributed by atoms with Gasteiger partial charge in [-0.1, -0.05) is 52.3 Å². The highest BCUT2D eigenvalue weighted by molar-refractivity contribution is 9.15. The number of anilines is 2. The fourth-order valence-electron chi connectivity index (χ4n) is 2.42. The Bertz CT molecular complexity index is 743. The number of hydrogen-bond acceptors (Lipinski definition) is 2. The summed E-state index contributed by atoms with van der Waals surface area (Å²) in [6.45, 7) is 0. The molecule has 1 amide bonds. The van der Waals surface area contributed by atoms with Crippen LogP contribution in [0.1, 0.15) is 11.1 Å². The maximum Gasteiger partial charge on any atom is 0.426 e. The molecule has 4 nitrogen and oxygen atoms in total. The van der Waals surface area contributed by atoms with Gasteiger partial charge in [0.25, 0.3) is 0 Å². The van der Waals surface area contributed by atoms with Crippen molar-refractivity contribution in [1.82, 2.24) is 5.01 Å². The lowest BCUT2D eigenvalue weighted by atomic mass is 10.1. The van der Waals surface area contributed by atoms with E-state index < -0.39 is 6.09 Å². The van der Waals surface area contributed by atoms with E-state index in [9.17, 15) is 9.90 Å². The molecule has 21 heavy (non-hydrogen) atoms. The van der Waals surface area contributed by atoms with Crippen LogP contribution in [0.25, 0.3) is 10.6 Å².